The summed E-state index contributed by atoms with van der Waals surface area (Å²) in [7, 11) is 0. The maximum atomic E-state index is 11.9. The molecule has 1 saturated heterocycles. The van der Waals surface area contributed by atoms with Crippen molar-refractivity contribution < 1.29 is 24.2 Å². The zero-order chi connectivity index (χ0) is 21.9. The Hall–Kier alpha value is -2.57. The molecule has 1 amide bonds. The molecule has 0 aliphatic carbocycles. The first kappa shape index (κ1) is 22.1. The molecule has 1 aliphatic rings. The number of carboxylic acids is 1. The number of rotatable bonds is 6. The molecule has 2 N–H and O–H groups in total. The first-order valence-corrected chi connectivity index (χ1v) is 10.2. The SMILES string of the molecule is CC(=O)N[C@]1(C)C[C@@H](c2cccc(Cl)c2)O[C@@H](c2cc(C)ccc2OCC(=O)O)C1. The van der Waals surface area contributed by atoms with Crippen LogP contribution >= 0.6 is 11.6 Å². The average molecular weight is 432 g/mol. The predicted molar refractivity (Wildman–Crippen MR) is 114 cm³/mol. The van der Waals surface area contributed by atoms with E-state index >= 15 is 0 Å². The summed E-state index contributed by atoms with van der Waals surface area (Å²) in [5.74, 6) is -0.703. The molecule has 160 valence electrons. The van der Waals surface area contributed by atoms with Gasteiger partial charge in [-0.2, -0.15) is 0 Å². The summed E-state index contributed by atoms with van der Waals surface area (Å²) in [6.07, 6.45) is 0.410. The van der Waals surface area contributed by atoms with Crippen molar-refractivity contribution in [1.82, 2.24) is 5.32 Å². The van der Waals surface area contributed by atoms with Crippen LogP contribution in [-0.4, -0.2) is 29.1 Å². The number of amides is 1. The van der Waals surface area contributed by atoms with Crippen molar-refractivity contribution in [3.63, 3.8) is 0 Å². The number of carboxylic acid groups (broad SMARTS) is 1. The molecular formula is C23H26ClNO5. The molecule has 0 bridgehead atoms. The van der Waals surface area contributed by atoms with E-state index < -0.39 is 24.2 Å². The van der Waals surface area contributed by atoms with Gasteiger partial charge in [0.2, 0.25) is 5.91 Å². The van der Waals surface area contributed by atoms with E-state index in [0.717, 1.165) is 16.7 Å². The van der Waals surface area contributed by atoms with E-state index in [1.807, 2.05) is 44.2 Å². The van der Waals surface area contributed by atoms with E-state index in [2.05, 4.69) is 5.32 Å². The Morgan fingerprint density at radius 3 is 2.63 bits per heavy atom. The Kier molecular flexibility index (Phi) is 6.68. The summed E-state index contributed by atoms with van der Waals surface area (Å²) in [6.45, 7) is 5.01. The Morgan fingerprint density at radius 1 is 1.23 bits per heavy atom. The smallest absolute Gasteiger partial charge is 0.341 e. The fraction of sp³-hybridized carbons (Fsp3) is 0.391. The molecule has 0 unspecified atom stereocenters. The van der Waals surface area contributed by atoms with Crippen LogP contribution in [0.4, 0.5) is 0 Å². The van der Waals surface area contributed by atoms with E-state index in [1.165, 1.54) is 6.92 Å². The fourth-order valence-corrected chi connectivity index (χ4v) is 4.20. The number of nitrogens with one attached hydrogen (secondary N) is 1. The third-order valence-corrected chi connectivity index (χ3v) is 5.40. The number of aryl methyl sites for hydroxylation is 1. The van der Waals surface area contributed by atoms with E-state index in [1.54, 1.807) is 12.1 Å². The van der Waals surface area contributed by atoms with E-state index in [0.29, 0.717) is 23.6 Å². The van der Waals surface area contributed by atoms with Crippen molar-refractivity contribution in [3.8, 4) is 5.75 Å². The molecule has 30 heavy (non-hydrogen) atoms. The van der Waals surface area contributed by atoms with Crippen molar-refractivity contribution >= 4 is 23.5 Å². The number of aliphatic carboxylic acids is 1. The number of carbonyl (C=O) groups is 2. The number of halogens is 1. The van der Waals surface area contributed by atoms with Crippen LogP contribution in [0.3, 0.4) is 0 Å². The molecule has 3 rings (SSSR count). The lowest BCUT2D eigenvalue weighted by Gasteiger charge is -2.43. The van der Waals surface area contributed by atoms with Crippen molar-refractivity contribution in [2.24, 2.45) is 0 Å². The Balaban J connectivity index is 1.99. The molecule has 2 aromatic rings. The minimum Gasteiger partial charge on any atom is -0.482 e. The molecule has 3 atom stereocenters. The molecule has 6 nitrogen and oxygen atoms in total. The van der Waals surface area contributed by atoms with Gasteiger partial charge in [-0.1, -0.05) is 35.4 Å². The summed E-state index contributed by atoms with van der Waals surface area (Å²) in [4.78, 5) is 22.9. The number of hydrogen-bond donors (Lipinski definition) is 2. The van der Waals surface area contributed by atoms with Gasteiger partial charge in [-0.05, 0) is 43.7 Å². The van der Waals surface area contributed by atoms with Gasteiger partial charge in [0.1, 0.15) is 5.75 Å². The van der Waals surface area contributed by atoms with Gasteiger partial charge >= 0.3 is 5.97 Å². The largest absolute Gasteiger partial charge is 0.482 e. The Labute approximate surface area is 181 Å². The second-order valence-corrected chi connectivity index (χ2v) is 8.48. The summed E-state index contributed by atoms with van der Waals surface area (Å²) in [5.41, 5.74) is 2.17. The predicted octanol–water partition coefficient (Wildman–Crippen LogP) is 4.60. The normalized spacial score (nSPS) is 23.6. The molecule has 1 fully saturated rings. The molecular weight excluding hydrogens is 406 g/mol. The second kappa shape index (κ2) is 9.06. The van der Waals surface area contributed by atoms with Gasteiger partial charge in [0.05, 0.1) is 12.2 Å². The van der Waals surface area contributed by atoms with Crippen LogP contribution in [0.2, 0.25) is 5.02 Å². The molecule has 1 heterocycles. The van der Waals surface area contributed by atoms with Crippen LogP contribution in [-0.2, 0) is 14.3 Å². The first-order chi connectivity index (χ1) is 14.1. The molecule has 7 heteroatoms. The summed E-state index contributed by atoms with van der Waals surface area (Å²) in [6, 6.07) is 13.0. The summed E-state index contributed by atoms with van der Waals surface area (Å²) in [5, 5.41) is 12.7. The van der Waals surface area contributed by atoms with Crippen molar-refractivity contribution in [1.29, 1.82) is 0 Å². The maximum absolute atomic E-state index is 11.9. The highest BCUT2D eigenvalue weighted by molar-refractivity contribution is 6.30. The molecule has 0 saturated carbocycles. The molecule has 0 aromatic heterocycles. The van der Waals surface area contributed by atoms with E-state index in [4.69, 9.17) is 26.2 Å². The van der Waals surface area contributed by atoms with Crippen LogP contribution in [0.1, 0.15) is 55.6 Å². The average Bonchev–Trinajstić information content (AvgIpc) is 2.65. The van der Waals surface area contributed by atoms with Crippen molar-refractivity contribution in [2.75, 3.05) is 6.61 Å². The number of carbonyl (C=O) groups excluding carboxylic acids is 1. The number of ether oxygens (including phenoxy) is 2. The molecule has 0 spiro atoms. The Morgan fingerprint density at radius 2 is 1.97 bits per heavy atom. The van der Waals surface area contributed by atoms with Crippen LogP contribution in [0, 0.1) is 6.92 Å². The zero-order valence-electron chi connectivity index (χ0n) is 17.3. The fourth-order valence-electron chi connectivity index (χ4n) is 4.00. The van der Waals surface area contributed by atoms with Gasteiger partial charge in [-0.25, -0.2) is 4.79 Å². The third-order valence-electron chi connectivity index (χ3n) is 5.16. The van der Waals surface area contributed by atoms with Gasteiger partial charge < -0.3 is 19.9 Å². The third kappa shape index (κ3) is 5.52. The molecule has 1 aliphatic heterocycles. The highest BCUT2D eigenvalue weighted by Crippen LogP contribution is 2.46. The zero-order valence-corrected chi connectivity index (χ0v) is 18.0. The second-order valence-electron chi connectivity index (χ2n) is 8.04. The van der Waals surface area contributed by atoms with E-state index in [9.17, 15) is 9.59 Å². The quantitative estimate of drug-likeness (QED) is 0.698. The summed E-state index contributed by atoms with van der Waals surface area (Å²) < 4.78 is 12.0. The van der Waals surface area contributed by atoms with E-state index in [-0.39, 0.29) is 12.0 Å². The highest BCUT2D eigenvalue weighted by atomic mass is 35.5. The Bertz CT molecular complexity index is 947. The number of hydrogen-bond acceptors (Lipinski definition) is 4. The molecule has 2 aromatic carbocycles. The minimum absolute atomic E-state index is 0.116. The molecule has 0 radical (unpaired) electrons. The van der Waals surface area contributed by atoms with Crippen molar-refractivity contribution in [3.05, 3.63) is 64.2 Å². The topological polar surface area (TPSA) is 84.9 Å². The van der Waals surface area contributed by atoms with Crippen LogP contribution < -0.4 is 10.1 Å². The van der Waals surface area contributed by atoms with Crippen LogP contribution in [0.15, 0.2) is 42.5 Å². The lowest BCUT2D eigenvalue weighted by molar-refractivity contribution is -0.139. The maximum Gasteiger partial charge on any atom is 0.341 e. The van der Waals surface area contributed by atoms with Gasteiger partial charge in [0.25, 0.3) is 0 Å². The lowest BCUT2D eigenvalue weighted by Crippen LogP contribution is -2.50. The highest BCUT2D eigenvalue weighted by Gasteiger charge is 2.40. The van der Waals surface area contributed by atoms with Crippen LogP contribution in [0.25, 0.3) is 0 Å². The lowest BCUT2D eigenvalue weighted by atomic mass is 9.81. The van der Waals surface area contributed by atoms with Gasteiger partial charge in [-0.15, -0.1) is 0 Å². The first-order valence-electron chi connectivity index (χ1n) is 9.80. The number of benzene rings is 2. The summed E-state index contributed by atoms with van der Waals surface area (Å²) >= 11 is 6.19. The standard InChI is InChI=1S/C23H26ClNO5/c1-14-7-8-19(29-13-22(27)28)18(9-14)21-12-23(3,25-15(2)26)11-20(30-21)16-5-4-6-17(24)10-16/h4-10,20-21H,11-13H2,1-3H3,(H,25,26)(H,27,28)/t20-,21+,23+/m0/s1. The van der Waals surface area contributed by atoms with Gasteiger partial charge in [0, 0.05) is 35.9 Å². The van der Waals surface area contributed by atoms with Gasteiger partial charge in [-0.3, -0.25) is 4.79 Å². The minimum atomic E-state index is -1.05. The van der Waals surface area contributed by atoms with Crippen molar-refractivity contribution in [2.45, 2.75) is 51.4 Å². The van der Waals surface area contributed by atoms with Crippen LogP contribution in [0.5, 0.6) is 5.75 Å². The van der Waals surface area contributed by atoms with Gasteiger partial charge in [0.15, 0.2) is 6.61 Å². The monoisotopic (exact) mass is 431 g/mol.